The summed E-state index contributed by atoms with van der Waals surface area (Å²) in [5, 5.41) is 14.8. The van der Waals surface area contributed by atoms with Crippen LogP contribution in [-0.4, -0.2) is 30.7 Å². The highest BCUT2D eigenvalue weighted by atomic mass is 32.1. The first-order valence-corrected chi connectivity index (χ1v) is 10.3. The highest BCUT2D eigenvalue weighted by molar-refractivity contribution is 7.73. The average Bonchev–Trinajstić information content (AvgIpc) is 3.35. The minimum absolute atomic E-state index is 0.0573. The molecule has 4 aromatic rings. The first-order valence-electron chi connectivity index (χ1n) is 9.06. The summed E-state index contributed by atoms with van der Waals surface area (Å²) in [5.74, 6) is 0.142. The molecule has 1 atom stereocenters. The van der Waals surface area contributed by atoms with Gasteiger partial charge in [-0.2, -0.15) is 5.10 Å². The number of rotatable bonds is 6. The SMILES string of the molecule is C[C@H](c1ccccc1)n1c(O)c(C=Nc2ccc(Cn3cncn3)cc2)sc1=S. The second kappa shape index (κ2) is 8.50. The van der Waals surface area contributed by atoms with Gasteiger partial charge in [-0.05, 0) is 42.4 Å². The molecule has 0 amide bonds. The normalized spacial score (nSPS) is 12.4. The maximum atomic E-state index is 10.7. The summed E-state index contributed by atoms with van der Waals surface area (Å²) < 4.78 is 4.14. The van der Waals surface area contributed by atoms with Gasteiger partial charge in [-0.15, -0.1) is 0 Å². The van der Waals surface area contributed by atoms with Crippen LogP contribution in [0, 0.1) is 3.95 Å². The molecule has 0 saturated carbocycles. The van der Waals surface area contributed by atoms with Gasteiger partial charge in [0.25, 0.3) is 0 Å². The van der Waals surface area contributed by atoms with Gasteiger partial charge in [-0.1, -0.05) is 53.8 Å². The Balaban J connectivity index is 1.52. The van der Waals surface area contributed by atoms with Crippen molar-refractivity contribution in [3.05, 3.63) is 87.2 Å². The van der Waals surface area contributed by atoms with E-state index in [0.29, 0.717) is 15.4 Å². The second-order valence-corrected chi connectivity index (χ2v) is 8.21. The minimum Gasteiger partial charge on any atom is -0.493 e. The van der Waals surface area contributed by atoms with Crippen LogP contribution in [0.5, 0.6) is 5.88 Å². The Labute approximate surface area is 177 Å². The van der Waals surface area contributed by atoms with E-state index in [1.807, 2.05) is 61.5 Å². The third-order valence-corrected chi connectivity index (χ3v) is 5.92. The van der Waals surface area contributed by atoms with Crippen molar-refractivity contribution >= 4 is 35.5 Å². The standard InChI is InChI=1S/C21H19N5OS2/c1-15(17-5-3-2-4-6-17)26-20(27)19(29-21(26)28)11-23-18-9-7-16(8-10-18)12-25-14-22-13-24-25/h2-11,13-15,27H,12H2,1H3/t15-/m1/s1. The molecule has 2 heterocycles. The molecule has 0 fully saturated rings. The maximum absolute atomic E-state index is 10.7. The summed E-state index contributed by atoms with van der Waals surface area (Å²) in [5.41, 5.74) is 2.99. The average molecular weight is 422 g/mol. The van der Waals surface area contributed by atoms with Crippen molar-refractivity contribution in [2.75, 3.05) is 0 Å². The lowest BCUT2D eigenvalue weighted by Crippen LogP contribution is -2.06. The lowest BCUT2D eigenvalue weighted by atomic mass is 10.1. The van der Waals surface area contributed by atoms with Crippen LogP contribution >= 0.6 is 23.6 Å². The van der Waals surface area contributed by atoms with Gasteiger partial charge in [0.15, 0.2) is 3.95 Å². The Hall–Kier alpha value is -3.10. The van der Waals surface area contributed by atoms with Crippen molar-refractivity contribution in [2.45, 2.75) is 19.5 Å². The van der Waals surface area contributed by atoms with Crippen molar-refractivity contribution in [2.24, 2.45) is 4.99 Å². The van der Waals surface area contributed by atoms with Crippen molar-refractivity contribution in [3.8, 4) is 5.88 Å². The molecule has 6 nitrogen and oxygen atoms in total. The third kappa shape index (κ3) is 4.33. The van der Waals surface area contributed by atoms with E-state index in [1.165, 1.54) is 17.7 Å². The van der Waals surface area contributed by atoms with E-state index >= 15 is 0 Å². The molecule has 146 valence electrons. The molecule has 0 bridgehead atoms. The molecule has 0 unspecified atom stereocenters. The summed E-state index contributed by atoms with van der Waals surface area (Å²) >= 11 is 6.83. The van der Waals surface area contributed by atoms with Gasteiger partial charge < -0.3 is 5.11 Å². The Morgan fingerprint density at radius 3 is 2.62 bits per heavy atom. The van der Waals surface area contributed by atoms with Crippen molar-refractivity contribution < 1.29 is 5.11 Å². The lowest BCUT2D eigenvalue weighted by molar-refractivity contribution is 0.405. The fourth-order valence-corrected chi connectivity index (χ4v) is 4.36. The fourth-order valence-electron chi connectivity index (χ4n) is 3.02. The van der Waals surface area contributed by atoms with Gasteiger partial charge in [-0.3, -0.25) is 9.56 Å². The van der Waals surface area contributed by atoms with Crippen molar-refractivity contribution in [1.82, 2.24) is 19.3 Å². The van der Waals surface area contributed by atoms with Crippen LogP contribution in [0.1, 0.15) is 29.0 Å². The first-order chi connectivity index (χ1) is 14.1. The van der Waals surface area contributed by atoms with Crippen LogP contribution in [0.2, 0.25) is 0 Å². The fraction of sp³-hybridized carbons (Fsp3) is 0.143. The molecule has 0 spiro atoms. The number of aliphatic imine (C=N–C) groups is 1. The summed E-state index contributed by atoms with van der Waals surface area (Å²) in [6, 6.07) is 17.8. The highest BCUT2D eigenvalue weighted by Crippen LogP contribution is 2.31. The number of benzene rings is 2. The Kier molecular flexibility index (Phi) is 5.64. The Morgan fingerprint density at radius 2 is 1.93 bits per heavy atom. The summed E-state index contributed by atoms with van der Waals surface area (Å²) in [6.45, 7) is 2.68. The topological polar surface area (TPSA) is 68.2 Å². The minimum atomic E-state index is -0.0573. The zero-order valence-electron chi connectivity index (χ0n) is 15.7. The van der Waals surface area contributed by atoms with Gasteiger partial charge >= 0.3 is 0 Å². The van der Waals surface area contributed by atoms with Crippen LogP contribution in [-0.2, 0) is 6.54 Å². The van der Waals surface area contributed by atoms with Gasteiger partial charge in [0.1, 0.15) is 17.5 Å². The van der Waals surface area contributed by atoms with Crippen molar-refractivity contribution in [3.63, 3.8) is 0 Å². The lowest BCUT2D eigenvalue weighted by Gasteiger charge is -2.14. The number of aromatic hydroxyl groups is 1. The molecule has 0 aliphatic heterocycles. The Bertz CT molecular complexity index is 1160. The molecule has 4 rings (SSSR count). The second-order valence-electron chi connectivity index (χ2n) is 6.53. The van der Waals surface area contributed by atoms with E-state index in [-0.39, 0.29) is 11.9 Å². The van der Waals surface area contributed by atoms with Gasteiger partial charge in [0, 0.05) is 0 Å². The predicted molar refractivity (Wildman–Crippen MR) is 118 cm³/mol. The van der Waals surface area contributed by atoms with Crippen LogP contribution in [0.15, 0.2) is 72.2 Å². The molecule has 0 radical (unpaired) electrons. The van der Waals surface area contributed by atoms with Gasteiger partial charge in [-0.25, -0.2) is 9.67 Å². The number of nitrogens with zero attached hydrogens (tertiary/aromatic N) is 5. The van der Waals surface area contributed by atoms with Gasteiger partial charge in [0.05, 0.1) is 24.5 Å². The van der Waals surface area contributed by atoms with E-state index < -0.39 is 0 Å². The van der Waals surface area contributed by atoms with E-state index in [1.54, 1.807) is 21.8 Å². The number of thiazole rings is 1. The predicted octanol–water partition coefficient (Wildman–Crippen LogP) is 4.98. The van der Waals surface area contributed by atoms with Crippen LogP contribution in [0.4, 0.5) is 5.69 Å². The molecular formula is C21H19N5OS2. The van der Waals surface area contributed by atoms with Gasteiger partial charge in [0.2, 0.25) is 5.88 Å². The zero-order chi connectivity index (χ0) is 20.2. The molecule has 29 heavy (non-hydrogen) atoms. The quantitative estimate of drug-likeness (QED) is 0.352. The van der Waals surface area contributed by atoms with Crippen molar-refractivity contribution in [1.29, 1.82) is 0 Å². The largest absolute Gasteiger partial charge is 0.493 e. The van der Waals surface area contributed by atoms with E-state index in [2.05, 4.69) is 15.1 Å². The highest BCUT2D eigenvalue weighted by Gasteiger charge is 2.16. The third-order valence-electron chi connectivity index (χ3n) is 4.59. The summed E-state index contributed by atoms with van der Waals surface area (Å²) in [7, 11) is 0. The zero-order valence-corrected chi connectivity index (χ0v) is 17.3. The van der Waals surface area contributed by atoms with Crippen LogP contribution in [0.25, 0.3) is 0 Å². The number of aromatic nitrogens is 4. The first kappa shape index (κ1) is 19.2. The van der Waals surface area contributed by atoms with E-state index in [0.717, 1.165) is 16.8 Å². The smallest absolute Gasteiger partial charge is 0.212 e. The molecule has 0 aliphatic carbocycles. The Morgan fingerprint density at radius 1 is 1.17 bits per heavy atom. The van der Waals surface area contributed by atoms with E-state index in [4.69, 9.17) is 12.2 Å². The molecule has 8 heteroatoms. The number of hydrogen-bond acceptors (Lipinski definition) is 6. The molecule has 0 saturated heterocycles. The summed E-state index contributed by atoms with van der Waals surface area (Å²) in [6.07, 6.45) is 4.87. The summed E-state index contributed by atoms with van der Waals surface area (Å²) in [4.78, 5) is 9.08. The van der Waals surface area contributed by atoms with E-state index in [9.17, 15) is 5.11 Å². The maximum Gasteiger partial charge on any atom is 0.212 e. The van der Waals surface area contributed by atoms with Crippen LogP contribution in [0.3, 0.4) is 0 Å². The molecule has 2 aromatic carbocycles. The molecular weight excluding hydrogens is 402 g/mol. The monoisotopic (exact) mass is 421 g/mol. The molecule has 1 N–H and O–H groups in total. The van der Waals surface area contributed by atoms with Crippen LogP contribution < -0.4 is 0 Å². The number of hydrogen-bond donors (Lipinski definition) is 1. The molecule has 0 aliphatic rings. The molecule has 2 aromatic heterocycles.